The maximum Gasteiger partial charge on any atom is 0.243 e. The summed E-state index contributed by atoms with van der Waals surface area (Å²) in [5.74, 6) is 0.652. The van der Waals surface area contributed by atoms with Crippen molar-refractivity contribution in [2.45, 2.75) is 46.2 Å². The highest BCUT2D eigenvalue weighted by atomic mass is 19.1. The van der Waals surface area contributed by atoms with Gasteiger partial charge in [-0.05, 0) is 63.1 Å². The molecular formula is C24H26F2N4O. The number of halogens is 2. The van der Waals surface area contributed by atoms with Crippen LogP contribution in [-0.4, -0.2) is 26.9 Å². The number of fused-ring (bicyclic) bond motifs is 1. The van der Waals surface area contributed by atoms with Gasteiger partial charge in [-0.25, -0.2) is 13.8 Å². The van der Waals surface area contributed by atoms with E-state index in [0.717, 1.165) is 12.2 Å². The molecule has 0 aliphatic carbocycles. The van der Waals surface area contributed by atoms with E-state index >= 15 is 0 Å². The normalized spacial score (nSPS) is 15.2. The van der Waals surface area contributed by atoms with E-state index in [9.17, 15) is 13.6 Å². The molecule has 162 valence electrons. The molecule has 0 spiro atoms. The number of imidazole rings is 1. The van der Waals surface area contributed by atoms with Crippen LogP contribution in [0.2, 0.25) is 0 Å². The van der Waals surface area contributed by atoms with E-state index in [1.165, 1.54) is 18.2 Å². The predicted molar refractivity (Wildman–Crippen MR) is 117 cm³/mol. The maximum absolute atomic E-state index is 14.0. The molecule has 31 heavy (non-hydrogen) atoms. The highest BCUT2D eigenvalue weighted by molar-refractivity contribution is 5.83. The molecule has 1 aromatic heterocycles. The molecule has 0 unspecified atom stereocenters. The van der Waals surface area contributed by atoms with Crippen LogP contribution in [0.1, 0.15) is 38.6 Å². The number of hydrogen-bond acceptors (Lipinski definition) is 3. The standard InChI is InChI=1S/C24H26F2N4O/c1-5-11-30-20(31)14-29-22(27-18-9-10-19(26)15(2)12-18)21(28-23(29)24(30,3)4)16-7-6-8-17(25)13-16/h6-10,12-13,27H,5,11,14H2,1-4H3. The largest absolute Gasteiger partial charge is 0.340 e. The summed E-state index contributed by atoms with van der Waals surface area (Å²) in [4.78, 5) is 19.7. The lowest BCUT2D eigenvalue weighted by molar-refractivity contribution is -0.140. The molecule has 1 amide bonds. The number of carbonyl (C=O) groups excluding carboxylic acids is 1. The third kappa shape index (κ3) is 3.69. The van der Waals surface area contributed by atoms with Crippen molar-refractivity contribution in [3.63, 3.8) is 0 Å². The Morgan fingerprint density at radius 3 is 2.61 bits per heavy atom. The van der Waals surface area contributed by atoms with Crippen molar-refractivity contribution in [2.75, 3.05) is 11.9 Å². The highest BCUT2D eigenvalue weighted by Gasteiger charge is 2.42. The Labute approximate surface area is 180 Å². The van der Waals surface area contributed by atoms with Gasteiger partial charge in [0.2, 0.25) is 5.91 Å². The number of nitrogens with one attached hydrogen (secondary N) is 1. The second kappa shape index (κ2) is 7.80. The third-order valence-corrected chi connectivity index (χ3v) is 5.75. The molecule has 0 radical (unpaired) electrons. The monoisotopic (exact) mass is 424 g/mol. The first-order valence-electron chi connectivity index (χ1n) is 10.4. The Morgan fingerprint density at radius 2 is 1.94 bits per heavy atom. The van der Waals surface area contributed by atoms with Crippen LogP contribution in [0, 0.1) is 18.6 Å². The van der Waals surface area contributed by atoms with Gasteiger partial charge < -0.3 is 14.8 Å². The number of benzene rings is 2. The van der Waals surface area contributed by atoms with Crippen LogP contribution < -0.4 is 5.32 Å². The second-order valence-corrected chi connectivity index (χ2v) is 8.42. The van der Waals surface area contributed by atoms with E-state index in [1.54, 1.807) is 31.2 Å². The molecule has 1 N–H and O–H groups in total. The second-order valence-electron chi connectivity index (χ2n) is 8.42. The summed E-state index contributed by atoms with van der Waals surface area (Å²) in [6.45, 7) is 8.43. The lowest BCUT2D eigenvalue weighted by Gasteiger charge is -2.42. The summed E-state index contributed by atoms with van der Waals surface area (Å²) in [6, 6.07) is 11.0. The molecule has 0 bridgehead atoms. The number of anilines is 2. The van der Waals surface area contributed by atoms with Gasteiger partial charge in [0.1, 0.15) is 35.5 Å². The molecule has 4 rings (SSSR count). The minimum Gasteiger partial charge on any atom is -0.340 e. The zero-order chi connectivity index (χ0) is 22.3. The molecule has 0 saturated carbocycles. The molecule has 2 aromatic carbocycles. The Balaban J connectivity index is 1.90. The van der Waals surface area contributed by atoms with Crippen LogP contribution in [0.25, 0.3) is 11.3 Å². The first-order chi connectivity index (χ1) is 14.7. The lowest BCUT2D eigenvalue weighted by Crippen LogP contribution is -2.52. The Bertz CT molecular complexity index is 1150. The van der Waals surface area contributed by atoms with E-state index in [2.05, 4.69) is 5.32 Å². The summed E-state index contributed by atoms with van der Waals surface area (Å²) >= 11 is 0. The molecule has 7 heteroatoms. The fraction of sp³-hybridized carbons (Fsp3) is 0.333. The number of aryl methyl sites for hydroxylation is 1. The number of nitrogens with zero attached hydrogens (tertiary/aromatic N) is 3. The van der Waals surface area contributed by atoms with Crippen LogP contribution in [-0.2, 0) is 16.9 Å². The molecule has 1 aliphatic rings. The Kier molecular flexibility index (Phi) is 5.29. The first kappa shape index (κ1) is 21.0. The van der Waals surface area contributed by atoms with E-state index < -0.39 is 5.54 Å². The zero-order valence-corrected chi connectivity index (χ0v) is 18.2. The SMILES string of the molecule is CCCN1C(=O)Cn2c(nc(-c3cccc(F)c3)c2Nc2ccc(F)c(C)c2)C1(C)C. The number of carbonyl (C=O) groups is 1. The fourth-order valence-corrected chi connectivity index (χ4v) is 4.18. The Hall–Kier alpha value is -3.22. The van der Waals surface area contributed by atoms with Crippen LogP contribution in [0.4, 0.5) is 20.3 Å². The molecule has 0 atom stereocenters. The van der Waals surface area contributed by atoms with Gasteiger partial charge in [0, 0.05) is 17.8 Å². The average molecular weight is 424 g/mol. The smallest absolute Gasteiger partial charge is 0.243 e. The van der Waals surface area contributed by atoms with Gasteiger partial charge in [0.25, 0.3) is 0 Å². The quantitative estimate of drug-likeness (QED) is 0.599. The van der Waals surface area contributed by atoms with Crippen molar-refractivity contribution in [1.29, 1.82) is 0 Å². The van der Waals surface area contributed by atoms with Crippen molar-refractivity contribution >= 4 is 17.4 Å². The predicted octanol–water partition coefficient (Wildman–Crippen LogP) is 5.37. The average Bonchev–Trinajstić information content (AvgIpc) is 3.07. The summed E-state index contributed by atoms with van der Waals surface area (Å²) < 4.78 is 29.6. The van der Waals surface area contributed by atoms with Gasteiger partial charge in [-0.3, -0.25) is 4.79 Å². The van der Waals surface area contributed by atoms with Gasteiger partial charge in [-0.15, -0.1) is 0 Å². The van der Waals surface area contributed by atoms with Crippen molar-refractivity contribution in [1.82, 2.24) is 14.5 Å². The molecule has 0 saturated heterocycles. The molecule has 2 heterocycles. The van der Waals surface area contributed by atoms with Gasteiger partial charge in [0.15, 0.2) is 0 Å². The highest BCUT2D eigenvalue weighted by Crippen LogP contribution is 2.40. The number of rotatable bonds is 5. The topological polar surface area (TPSA) is 50.2 Å². The lowest BCUT2D eigenvalue weighted by atomic mass is 9.98. The number of aromatic nitrogens is 2. The van der Waals surface area contributed by atoms with Gasteiger partial charge in [0.05, 0.1) is 5.54 Å². The van der Waals surface area contributed by atoms with Crippen molar-refractivity contribution in [2.24, 2.45) is 0 Å². The van der Waals surface area contributed by atoms with Crippen molar-refractivity contribution in [3.8, 4) is 11.3 Å². The summed E-state index contributed by atoms with van der Waals surface area (Å²) in [6.07, 6.45) is 0.840. The molecule has 3 aromatic rings. The molecule has 5 nitrogen and oxygen atoms in total. The summed E-state index contributed by atoms with van der Waals surface area (Å²) in [5, 5.41) is 3.31. The summed E-state index contributed by atoms with van der Waals surface area (Å²) in [5.41, 5.74) is 1.69. The van der Waals surface area contributed by atoms with Crippen molar-refractivity contribution in [3.05, 3.63) is 65.5 Å². The van der Waals surface area contributed by atoms with E-state index in [-0.39, 0.29) is 24.1 Å². The van der Waals surface area contributed by atoms with Crippen LogP contribution in [0.15, 0.2) is 42.5 Å². The van der Waals surface area contributed by atoms with Gasteiger partial charge >= 0.3 is 0 Å². The Morgan fingerprint density at radius 1 is 1.16 bits per heavy atom. The minimum atomic E-state index is -0.633. The molecule has 0 fully saturated rings. The number of amides is 1. The van der Waals surface area contributed by atoms with Gasteiger partial charge in [-0.2, -0.15) is 0 Å². The molecular weight excluding hydrogens is 398 g/mol. The van der Waals surface area contributed by atoms with Crippen LogP contribution >= 0.6 is 0 Å². The third-order valence-electron chi connectivity index (χ3n) is 5.75. The maximum atomic E-state index is 14.0. The minimum absolute atomic E-state index is 0.000814. The van der Waals surface area contributed by atoms with Crippen LogP contribution in [0.5, 0.6) is 0 Å². The van der Waals surface area contributed by atoms with Gasteiger partial charge in [-0.1, -0.05) is 19.1 Å². The van der Waals surface area contributed by atoms with Crippen LogP contribution in [0.3, 0.4) is 0 Å². The van der Waals surface area contributed by atoms with E-state index in [1.807, 2.05) is 30.2 Å². The fourth-order valence-electron chi connectivity index (χ4n) is 4.18. The van der Waals surface area contributed by atoms with E-state index in [0.29, 0.717) is 34.9 Å². The summed E-state index contributed by atoms with van der Waals surface area (Å²) in [7, 11) is 0. The number of hydrogen-bond donors (Lipinski definition) is 1. The zero-order valence-electron chi connectivity index (χ0n) is 18.2. The van der Waals surface area contributed by atoms with E-state index in [4.69, 9.17) is 4.98 Å². The molecule has 1 aliphatic heterocycles. The first-order valence-corrected chi connectivity index (χ1v) is 10.4. The van der Waals surface area contributed by atoms with Crippen molar-refractivity contribution < 1.29 is 13.6 Å².